The van der Waals surface area contributed by atoms with Gasteiger partial charge in [0.25, 0.3) is 0 Å². The first-order valence-electron chi connectivity index (χ1n) is 4.83. The highest BCUT2D eigenvalue weighted by molar-refractivity contribution is 7.81. The van der Waals surface area contributed by atoms with E-state index in [2.05, 4.69) is 38.0 Å². The van der Waals surface area contributed by atoms with Crippen LogP contribution in [0.2, 0.25) is 0 Å². The van der Waals surface area contributed by atoms with E-state index in [4.69, 9.17) is 4.74 Å². The summed E-state index contributed by atoms with van der Waals surface area (Å²) in [5.74, 6) is 0. The Morgan fingerprint density at radius 1 is 1.46 bits per heavy atom. The predicted octanol–water partition coefficient (Wildman–Crippen LogP) is 1.83. The number of nitrogens with zero attached hydrogens (tertiary/aromatic N) is 1. The molecule has 0 aromatic carbocycles. The Balaban J connectivity index is 3.47. The number of thiol groups is 1. The third kappa shape index (κ3) is 7.11. The van der Waals surface area contributed by atoms with E-state index in [0.29, 0.717) is 18.5 Å². The van der Waals surface area contributed by atoms with Crippen molar-refractivity contribution in [3.8, 4) is 0 Å². The van der Waals surface area contributed by atoms with Gasteiger partial charge in [0, 0.05) is 11.8 Å². The van der Waals surface area contributed by atoms with Gasteiger partial charge in [0.15, 0.2) is 0 Å². The van der Waals surface area contributed by atoms with Gasteiger partial charge in [0.05, 0.1) is 13.2 Å². The zero-order chi connectivity index (χ0) is 10.1. The van der Waals surface area contributed by atoms with Gasteiger partial charge in [-0.1, -0.05) is 19.9 Å². The molecule has 0 aromatic heterocycles. The summed E-state index contributed by atoms with van der Waals surface area (Å²) in [6.07, 6.45) is 1.76. The van der Waals surface area contributed by atoms with Crippen LogP contribution in [-0.2, 0) is 4.74 Å². The molecule has 3 heteroatoms. The van der Waals surface area contributed by atoms with Gasteiger partial charge in [-0.05, 0) is 13.1 Å². The summed E-state index contributed by atoms with van der Waals surface area (Å²) < 4.78 is 5.31. The Labute approximate surface area is 87.4 Å². The standard InChI is InChI=1S/C10H21NOS/c1-4-7-12-9-10(13)8-11(5-2)6-3/h4,10,13H,1,5-9H2,2-3H3. The second-order valence-electron chi connectivity index (χ2n) is 2.97. The van der Waals surface area contributed by atoms with Crippen LogP contribution in [0.3, 0.4) is 0 Å². The molecule has 0 saturated carbocycles. The highest BCUT2D eigenvalue weighted by Gasteiger charge is 2.07. The molecule has 1 atom stereocenters. The molecule has 0 radical (unpaired) electrons. The van der Waals surface area contributed by atoms with E-state index in [1.165, 1.54) is 0 Å². The van der Waals surface area contributed by atoms with Crippen LogP contribution in [0.4, 0.5) is 0 Å². The molecule has 0 N–H and O–H groups in total. The number of hydrogen-bond donors (Lipinski definition) is 1. The summed E-state index contributed by atoms with van der Waals surface area (Å²) in [6, 6.07) is 0. The van der Waals surface area contributed by atoms with Crippen molar-refractivity contribution in [2.24, 2.45) is 0 Å². The fraction of sp³-hybridized carbons (Fsp3) is 0.800. The van der Waals surface area contributed by atoms with Gasteiger partial charge in [-0.3, -0.25) is 0 Å². The van der Waals surface area contributed by atoms with E-state index in [9.17, 15) is 0 Å². The van der Waals surface area contributed by atoms with Crippen molar-refractivity contribution in [3.05, 3.63) is 12.7 Å². The van der Waals surface area contributed by atoms with Crippen LogP contribution in [0.5, 0.6) is 0 Å². The molecular weight excluding hydrogens is 182 g/mol. The largest absolute Gasteiger partial charge is 0.376 e. The molecule has 0 rings (SSSR count). The first-order valence-corrected chi connectivity index (χ1v) is 5.35. The Bertz CT molecular complexity index is 126. The van der Waals surface area contributed by atoms with E-state index >= 15 is 0 Å². The minimum atomic E-state index is 0.305. The third-order valence-electron chi connectivity index (χ3n) is 1.91. The monoisotopic (exact) mass is 203 g/mol. The van der Waals surface area contributed by atoms with Gasteiger partial charge >= 0.3 is 0 Å². The Kier molecular flexibility index (Phi) is 8.61. The van der Waals surface area contributed by atoms with Gasteiger partial charge in [0.1, 0.15) is 0 Å². The lowest BCUT2D eigenvalue weighted by Crippen LogP contribution is -2.32. The Morgan fingerprint density at radius 2 is 2.08 bits per heavy atom. The first kappa shape index (κ1) is 13.0. The molecule has 0 saturated heterocycles. The summed E-state index contributed by atoms with van der Waals surface area (Å²) >= 11 is 4.45. The van der Waals surface area contributed by atoms with Crippen molar-refractivity contribution >= 4 is 12.6 Å². The lowest BCUT2D eigenvalue weighted by molar-refractivity contribution is 0.151. The maximum Gasteiger partial charge on any atom is 0.0645 e. The molecular formula is C10H21NOS. The van der Waals surface area contributed by atoms with Gasteiger partial charge in [-0.2, -0.15) is 12.6 Å². The molecule has 0 aliphatic rings. The molecule has 0 heterocycles. The fourth-order valence-corrected chi connectivity index (χ4v) is 1.46. The van der Waals surface area contributed by atoms with E-state index in [1.54, 1.807) is 6.08 Å². The van der Waals surface area contributed by atoms with Crippen molar-refractivity contribution in [2.75, 3.05) is 32.8 Å². The number of rotatable bonds is 8. The van der Waals surface area contributed by atoms with Crippen LogP contribution in [0.15, 0.2) is 12.7 Å². The molecule has 0 aliphatic heterocycles. The summed E-state index contributed by atoms with van der Waals surface area (Å²) in [6.45, 7) is 12.4. The molecule has 0 aliphatic carbocycles. The van der Waals surface area contributed by atoms with Crippen molar-refractivity contribution < 1.29 is 4.74 Å². The molecule has 0 amide bonds. The molecule has 78 valence electrons. The lowest BCUT2D eigenvalue weighted by atomic mass is 10.4. The molecule has 1 unspecified atom stereocenters. The molecule has 13 heavy (non-hydrogen) atoms. The van der Waals surface area contributed by atoms with Gasteiger partial charge in [-0.15, -0.1) is 6.58 Å². The second kappa shape index (κ2) is 8.60. The molecule has 0 bridgehead atoms. The molecule has 2 nitrogen and oxygen atoms in total. The third-order valence-corrected chi connectivity index (χ3v) is 2.22. The van der Waals surface area contributed by atoms with E-state index in [1.807, 2.05) is 0 Å². The van der Waals surface area contributed by atoms with Crippen molar-refractivity contribution in [1.29, 1.82) is 0 Å². The Morgan fingerprint density at radius 3 is 2.54 bits per heavy atom. The summed E-state index contributed by atoms with van der Waals surface area (Å²) in [5, 5.41) is 0.305. The minimum absolute atomic E-state index is 0.305. The second-order valence-corrected chi connectivity index (χ2v) is 3.70. The van der Waals surface area contributed by atoms with Crippen LogP contribution in [0.25, 0.3) is 0 Å². The number of ether oxygens (including phenoxy) is 1. The van der Waals surface area contributed by atoms with Crippen molar-refractivity contribution in [1.82, 2.24) is 4.90 Å². The molecule has 0 fully saturated rings. The van der Waals surface area contributed by atoms with Crippen LogP contribution in [-0.4, -0.2) is 43.0 Å². The average Bonchev–Trinajstić information content (AvgIpc) is 2.14. The van der Waals surface area contributed by atoms with Gasteiger partial charge in [-0.25, -0.2) is 0 Å². The quantitative estimate of drug-likeness (QED) is 0.367. The van der Waals surface area contributed by atoms with Crippen molar-refractivity contribution in [3.63, 3.8) is 0 Å². The van der Waals surface area contributed by atoms with E-state index in [-0.39, 0.29) is 0 Å². The Hall–Kier alpha value is 0.01000. The summed E-state index contributed by atoms with van der Waals surface area (Å²) in [5.41, 5.74) is 0. The zero-order valence-corrected chi connectivity index (χ0v) is 9.59. The smallest absolute Gasteiger partial charge is 0.0645 e. The topological polar surface area (TPSA) is 12.5 Å². The molecule has 0 spiro atoms. The van der Waals surface area contributed by atoms with Crippen molar-refractivity contribution in [2.45, 2.75) is 19.1 Å². The highest BCUT2D eigenvalue weighted by atomic mass is 32.1. The SMILES string of the molecule is C=CCOCC(S)CN(CC)CC. The molecule has 0 aromatic rings. The average molecular weight is 203 g/mol. The maximum absolute atomic E-state index is 5.31. The first-order chi connectivity index (χ1) is 6.24. The number of hydrogen-bond acceptors (Lipinski definition) is 3. The zero-order valence-electron chi connectivity index (χ0n) is 8.70. The van der Waals surface area contributed by atoms with E-state index in [0.717, 1.165) is 19.6 Å². The normalized spacial score (nSPS) is 13.2. The van der Waals surface area contributed by atoms with Gasteiger partial charge < -0.3 is 9.64 Å². The van der Waals surface area contributed by atoms with E-state index < -0.39 is 0 Å². The van der Waals surface area contributed by atoms with Crippen LogP contribution >= 0.6 is 12.6 Å². The summed E-state index contributed by atoms with van der Waals surface area (Å²) in [7, 11) is 0. The van der Waals surface area contributed by atoms with Crippen LogP contribution in [0, 0.1) is 0 Å². The predicted molar refractivity (Wildman–Crippen MR) is 61.6 cm³/mol. The van der Waals surface area contributed by atoms with Gasteiger partial charge in [0.2, 0.25) is 0 Å². The van der Waals surface area contributed by atoms with Crippen LogP contribution < -0.4 is 0 Å². The lowest BCUT2D eigenvalue weighted by Gasteiger charge is -2.21. The highest BCUT2D eigenvalue weighted by Crippen LogP contribution is 2.00. The van der Waals surface area contributed by atoms with Crippen LogP contribution in [0.1, 0.15) is 13.8 Å². The summed E-state index contributed by atoms with van der Waals surface area (Å²) in [4.78, 5) is 2.34. The fourth-order valence-electron chi connectivity index (χ4n) is 1.12. The minimum Gasteiger partial charge on any atom is -0.376 e. The maximum atomic E-state index is 5.31.